The van der Waals surface area contributed by atoms with Gasteiger partial charge in [-0.05, 0) is 32.7 Å². The van der Waals surface area contributed by atoms with Gasteiger partial charge in [-0.1, -0.05) is 19.4 Å². The van der Waals surface area contributed by atoms with Gasteiger partial charge in [-0.15, -0.1) is 6.58 Å². The lowest BCUT2D eigenvalue weighted by atomic mass is 9.99. The third-order valence-corrected chi connectivity index (χ3v) is 2.96. The smallest absolute Gasteiger partial charge is 0.0669 e. The Morgan fingerprint density at radius 3 is 2.76 bits per heavy atom. The molecule has 0 fully saturated rings. The number of hydrogen-bond donors (Lipinski definition) is 1. The minimum atomic E-state index is 0.403. The van der Waals surface area contributed by atoms with Crippen molar-refractivity contribution < 1.29 is 0 Å². The van der Waals surface area contributed by atoms with Gasteiger partial charge < -0.3 is 5.32 Å². The highest BCUT2D eigenvalue weighted by molar-refractivity contribution is 5.21. The van der Waals surface area contributed by atoms with Crippen LogP contribution in [0.2, 0.25) is 0 Å². The van der Waals surface area contributed by atoms with E-state index >= 15 is 0 Å². The maximum atomic E-state index is 4.51. The molecule has 1 heterocycles. The standard InChI is InChI=1S/C14H25N3/c1-6-13-12(10-17(5)16-13)14(15-7-2)9-8-11(3)4/h10,14-15H,3,6-9H2,1-2,4-5H3. The van der Waals surface area contributed by atoms with E-state index in [9.17, 15) is 0 Å². The van der Waals surface area contributed by atoms with Gasteiger partial charge in [0.25, 0.3) is 0 Å². The molecule has 0 saturated carbocycles. The molecular weight excluding hydrogens is 210 g/mol. The molecule has 0 aliphatic heterocycles. The molecule has 3 heteroatoms. The first-order valence-electron chi connectivity index (χ1n) is 6.48. The van der Waals surface area contributed by atoms with Crippen molar-refractivity contribution in [3.63, 3.8) is 0 Å². The number of aryl methyl sites for hydroxylation is 2. The van der Waals surface area contributed by atoms with Crippen LogP contribution in [0, 0.1) is 0 Å². The molecule has 1 rings (SSSR count). The molecule has 0 aliphatic rings. The zero-order chi connectivity index (χ0) is 12.8. The first-order chi connectivity index (χ1) is 8.08. The summed E-state index contributed by atoms with van der Waals surface area (Å²) in [4.78, 5) is 0. The van der Waals surface area contributed by atoms with Crippen molar-refractivity contribution in [2.45, 2.75) is 46.1 Å². The predicted molar refractivity (Wildman–Crippen MR) is 73.1 cm³/mol. The van der Waals surface area contributed by atoms with Gasteiger partial charge in [-0.25, -0.2) is 0 Å². The molecule has 0 radical (unpaired) electrons. The zero-order valence-electron chi connectivity index (χ0n) is 11.6. The van der Waals surface area contributed by atoms with Gasteiger partial charge in [0, 0.05) is 24.8 Å². The van der Waals surface area contributed by atoms with Gasteiger partial charge in [0.15, 0.2) is 0 Å². The van der Waals surface area contributed by atoms with Crippen LogP contribution in [-0.2, 0) is 13.5 Å². The van der Waals surface area contributed by atoms with Crippen molar-refractivity contribution in [3.05, 3.63) is 29.6 Å². The summed E-state index contributed by atoms with van der Waals surface area (Å²) in [5, 5.41) is 8.06. The summed E-state index contributed by atoms with van der Waals surface area (Å²) in [5.41, 5.74) is 3.80. The van der Waals surface area contributed by atoms with Crippen molar-refractivity contribution in [2.75, 3.05) is 6.54 Å². The zero-order valence-corrected chi connectivity index (χ0v) is 11.6. The average Bonchev–Trinajstić information content (AvgIpc) is 2.65. The van der Waals surface area contributed by atoms with Gasteiger partial charge in [-0.2, -0.15) is 5.10 Å². The maximum absolute atomic E-state index is 4.51. The van der Waals surface area contributed by atoms with Crippen LogP contribution in [0.15, 0.2) is 18.3 Å². The van der Waals surface area contributed by atoms with Crippen LogP contribution in [0.4, 0.5) is 0 Å². The van der Waals surface area contributed by atoms with Gasteiger partial charge in [0.05, 0.1) is 5.69 Å². The van der Waals surface area contributed by atoms with E-state index in [1.807, 2.05) is 11.7 Å². The third-order valence-electron chi connectivity index (χ3n) is 2.96. The van der Waals surface area contributed by atoms with Crippen LogP contribution in [0.3, 0.4) is 0 Å². The molecule has 0 aromatic carbocycles. The average molecular weight is 235 g/mol. The molecule has 0 saturated heterocycles. The van der Waals surface area contributed by atoms with Crippen LogP contribution in [0.1, 0.15) is 50.9 Å². The molecule has 1 aromatic heterocycles. The van der Waals surface area contributed by atoms with E-state index in [2.05, 4.69) is 44.0 Å². The summed E-state index contributed by atoms with van der Waals surface area (Å²) in [6.45, 7) is 11.4. The second kappa shape index (κ2) is 6.60. The largest absolute Gasteiger partial charge is 0.310 e. The van der Waals surface area contributed by atoms with Gasteiger partial charge >= 0.3 is 0 Å². The summed E-state index contributed by atoms with van der Waals surface area (Å²) >= 11 is 0. The summed E-state index contributed by atoms with van der Waals surface area (Å²) < 4.78 is 1.92. The van der Waals surface area contributed by atoms with Gasteiger partial charge in [-0.3, -0.25) is 4.68 Å². The fraction of sp³-hybridized carbons (Fsp3) is 0.643. The van der Waals surface area contributed by atoms with E-state index in [-0.39, 0.29) is 0 Å². The van der Waals surface area contributed by atoms with Crippen LogP contribution in [0.25, 0.3) is 0 Å². The van der Waals surface area contributed by atoms with E-state index in [0.717, 1.165) is 25.8 Å². The van der Waals surface area contributed by atoms with E-state index in [1.54, 1.807) is 0 Å². The van der Waals surface area contributed by atoms with E-state index < -0.39 is 0 Å². The molecule has 0 bridgehead atoms. The fourth-order valence-electron chi connectivity index (χ4n) is 2.12. The second-order valence-electron chi connectivity index (χ2n) is 4.66. The van der Waals surface area contributed by atoms with Crippen LogP contribution < -0.4 is 5.32 Å². The van der Waals surface area contributed by atoms with Crippen molar-refractivity contribution in [3.8, 4) is 0 Å². The minimum absolute atomic E-state index is 0.403. The first kappa shape index (κ1) is 14.0. The van der Waals surface area contributed by atoms with Crippen molar-refractivity contribution in [2.24, 2.45) is 7.05 Å². The Labute approximate surface area is 105 Å². The molecular formula is C14H25N3. The summed E-state index contributed by atoms with van der Waals surface area (Å²) in [6.07, 6.45) is 5.30. The molecule has 1 N–H and O–H groups in total. The molecule has 0 aliphatic carbocycles. The molecule has 1 unspecified atom stereocenters. The second-order valence-corrected chi connectivity index (χ2v) is 4.66. The number of allylic oxidation sites excluding steroid dienone is 1. The monoisotopic (exact) mass is 235 g/mol. The van der Waals surface area contributed by atoms with Crippen LogP contribution in [-0.4, -0.2) is 16.3 Å². The Balaban J connectivity index is 2.83. The molecule has 96 valence electrons. The maximum Gasteiger partial charge on any atom is 0.0669 e. The highest BCUT2D eigenvalue weighted by atomic mass is 15.3. The Morgan fingerprint density at radius 1 is 1.53 bits per heavy atom. The molecule has 3 nitrogen and oxygen atoms in total. The van der Waals surface area contributed by atoms with E-state index in [1.165, 1.54) is 16.8 Å². The molecule has 17 heavy (non-hydrogen) atoms. The lowest BCUT2D eigenvalue weighted by Crippen LogP contribution is -2.21. The Kier molecular flexibility index (Phi) is 5.42. The molecule has 0 spiro atoms. The lowest BCUT2D eigenvalue weighted by Gasteiger charge is -2.17. The molecule has 1 aromatic rings. The Morgan fingerprint density at radius 2 is 2.24 bits per heavy atom. The molecule has 0 amide bonds. The Hall–Kier alpha value is -1.09. The SMILES string of the molecule is C=C(C)CCC(NCC)c1cn(C)nc1CC. The van der Waals surface area contributed by atoms with Crippen molar-refractivity contribution in [1.82, 2.24) is 15.1 Å². The Bertz CT molecular complexity index is 366. The normalized spacial score (nSPS) is 12.7. The number of rotatable bonds is 7. The van der Waals surface area contributed by atoms with Crippen LogP contribution in [0.5, 0.6) is 0 Å². The topological polar surface area (TPSA) is 29.9 Å². The highest BCUT2D eigenvalue weighted by Gasteiger charge is 2.16. The number of hydrogen-bond acceptors (Lipinski definition) is 2. The first-order valence-corrected chi connectivity index (χ1v) is 6.48. The number of aromatic nitrogens is 2. The number of nitrogens with one attached hydrogen (secondary N) is 1. The van der Waals surface area contributed by atoms with Gasteiger partial charge in [0.2, 0.25) is 0 Å². The number of nitrogens with zero attached hydrogens (tertiary/aromatic N) is 2. The summed E-state index contributed by atoms with van der Waals surface area (Å²) in [7, 11) is 1.99. The minimum Gasteiger partial charge on any atom is -0.310 e. The lowest BCUT2D eigenvalue weighted by molar-refractivity contribution is 0.511. The quantitative estimate of drug-likeness (QED) is 0.736. The van der Waals surface area contributed by atoms with Crippen molar-refractivity contribution >= 4 is 0 Å². The van der Waals surface area contributed by atoms with Crippen LogP contribution >= 0.6 is 0 Å². The van der Waals surface area contributed by atoms with Crippen molar-refractivity contribution in [1.29, 1.82) is 0 Å². The van der Waals surface area contributed by atoms with E-state index in [0.29, 0.717) is 6.04 Å². The third kappa shape index (κ3) is 4.00. The van der Waals surface area contributed by atoms with E-state index in [4.69, 9.17) is 0 Å². The summed E-state index contributed by atoms with van der Waals surface area (Å²) in [6, 6.07) is 0.403. The summed E-state index contributed by atoms with van der Waals surface area (Å²) in [5.74, 6) is 0. The predicted octanol–water partition coefficient (Wildman–Crippen LogP) is 2.99. The highest BCUT2D eigenvalue weighted by Crippen LogP contribution is 2.23. The molecule has 1 atom stereocenters. The van der Waals surface area contributed by atoms with Gasteiger partial charge in [0.1, 0.15) is 0 Å². The fourth-order valence-corrected chi connectivity index (χ4v) is 2.12.